The summed E-state index contributed by atoms with van der Waals surface area (Å²) in [4.78, 5) is 2.22. The van der Waals surface area contributed by atoms with Gasteiger partial charge in [0.25, 0.3) is 0 Å². The van der Waals surface area contributed by atoms with Crippen molar-refractivity contribution in [3.05, 3.63) is 34.1 Å². The third kappa shape index (κ3) is 3.53. The van der Waals surface area contributed by atoms with Crippen LogP contribution in [0.15, 0.2) is 22.7 Å². The van der Waals surface area contributed by atoms with Gasteiger partial charge in [-0.15, -0.1) is 0 Å². The average molecular weight is 316 g/mol. The van der Waals surface area contributed by atoms with E-state index in [1.165, 1.54) is 6.07 Å². The summed E-state index contributed by atoms with van der Waals surface area (Å²) in [6.07, 6.45) is 2.82. The standard InChI is InChI=1S/C14H19BrFNO/c1-17-7-2-5-14(18,6-8-17)10-11-3-4-12(15)9-13(11)16/h3-4,9,18H,2,5-8,10H2,1H3. The SMILES string of the molecule is CN1CCCC(O)(Cc2ccc(Br)cc2F)CC1. The van der Waals surface area contributed by atoms with E-state index in [9.17, 15) is 9.50 Å². The molecule has 4 heteroatoms. The van der Waals surface area contributed by atoms with Crippen molar-refractivity contribution in [1.29, 1.82) is 0 Å². The van der Waals surface area contributed by atoms with E-state index >= 15 is 0 Å². The molecule has 2 rings (SSSR count). The van der Waals surface area contributed by atoms with Crippen LogP contribution in [0.4, 0.5) is 4.39 Å². The molecule has 0 amide bonds. The van der Waals surface area contributed by atoms with Crippen molar-refractivity contribution in [1.82, 2.24) is 4.90 Å². The summed E-state index contributed by atoms with van der Waals surface area (Å²) >= 11 is 3.25. The zero-order valence-corrected chi connectivity index (χ0v) is 12.2. The van der Waals surface area contributed by atoms with Crippen molar-refractivity contribution in [2.24, 2.45) is 0 Å². The van der Waals surface area contributed by atoms with Crippen LogP contribution in [0.25, 0.3) is 0 Å². The number of nitrogens with zero attached hydrogens (tertiary/aromatic N) is 1. The van der Waals surface area contributed by atoms with Crippen molar-refractivity contribution in [3.63, 3.8) is 0 Å². The van der Waals surface area contributed by atoms with Crippen molar-refractivity contribution < 1.29 is 9.50 Å². The zero-order chi connectivity index (χ0) is 13.2. The van der Waals surface area contributed by atoms with Crippen LogP contribution < -0.4 is 0 Å². The van der Waals surface area contributed by atoms with Crippen LogP contribution in [0.2, 0.25) is 0 Å². The molecule has 1 N–H and O–H groups in total. The van der Waals surface area contributed by atoms with Gasteiger partial charge in [0.05, 0.1) is 5.60 Å². The van der Waals surface area contributed by atoms with Crippen molar-refractivity contribution in [2.45, 2.75) is 31.3 Å². The minimum absolute atomic E-state index is 0.240. The number of hydrogen-bond acceptors (Lipinski definition) is 2. The van der Waals surface area contributed by atoms with E-state index in [2.05, 4.69) is 27.9 Å². The molecule has 2 nitrogen and oxygen atoms in total. The molecule has 1 aliphatic heterocycles. The fourth-order valence-corrected chi connectivity index (χ4v) is 2.84. The second-order valence-corrected chi connectivity index (χ2v) is 6.21. The molecule has 0 aromatic heterocycles. The lowest BCUT2D eigenvalue weighted by Crippen LogP contribution is -2.33. The average Bonchev–Trinajstić information content (AvgIpc) is 2.46. The largest absolute Gasteiger partial charge is 0.389 e. The first kappa shape index (κ1) is 14.0. The predicted octanol–water partition coefficient (Wildman–Crippen LogP) is 2.98. The summed E-state index contributed by atoms with van der Waals surface area (Å²) < 4.78 is 14.5. The first-order valence-corrected chi connectivity index (χ1v) is 7.13. The van der Waals surface area contributed by atoms with E-state index in [1.807, 2.05) is 6.07 Å². The number of likely N-dealkylation sites (tertiary alicyclic amines) is 1. The number of halogens is 2. The number of hydrogen-bond donors (Lipinski definition) is 1. The van der Waals surface area contributed by atoms with Gasteiger partial charge in [0.2, 0.25) is 0 Å². The summed E-state index contributed by atoms with van der Waals surface area (Å²) in [7, 11) is 2.06. The van der Waals surface area contributed by atoms with E-state index in [0.717, 1.165) is 30.4 Å². The maximum atomic E-state index is 13.8. The molecule has 1 saturated heterocycles. The maximum Gasteiger partial charge on any atom is 0.127 e. The third-order valence-corrected chi connectivity index (χ3v) is 4.17. The Morgan fingerprint density at radius 1 is 1.39 bits per heavy atom. The first-order valence-electron chi connectivity index (χ1n) is 6.33. The molecule has 1 fully saturated rings. The van der Waals surface area contributed by atoms with Gasteiger partial charge in [0, 0.05) is 17.4 Å². The van der Waals surface area contributed by atoms with Crippen LogP contribution in [-0.4, -0.2) is 35.7 Å². The first-order chi connectivity index (χ1) is 8.48. The Morgan fingerprint density at radius 2 is 2.17 bits per heavy atom. The molecule has 1 heterocycles. The summed E-state index contributed by atoms with van der Waals surface area (Å²) in [6, 6.07) is 5.04. The van der Waals surface area contributed by atoms with Crippen LogP contribution in [0.1, 0.15) is 24.8 Å². The fraction of sp³-hybridized carbons (Fsp3) is 0.571. The highest BCUT2D eigenvalue weighted by Gasteiger charge is 2.30. The van der Waals surface area contributed by atoms with Crippen molar-refractivity contribution >= 4 is 15.9 Å². The minimum Gasteiger partial charge on any atom is -0.389 e. The van der Waals surface area contributed by atoms with Gasteiger partial charge in [0.1, 0.15) is 5.82 Å². The molecular weight excluding hydrogens is 297 g/mol. The predicted molar refractivity (Wildman–Crippen MR) is 74.1 cm³/mol. The van der Waals surface area contributed by atoms with E-state index in [1.54, 1.807) is 6.07 Å². The molecule has 100 valence electrons. The van der Waals surface area contributed by atoms with Gasteiger partial charge >= 0.3 is 0 Å². The van der Waals surface area contributed by atoms with Crippen molar-refractivity contribution in [3.8, 4) is 0 Å². The quantitative estimate of drug-likeness (QED) is 0.907. The summed E-state index contributed by atoms with van der Waals surface area (Å²) in [5, 5.41) is 10.6. The molecule has 0 aliphatic carbocycles. The molecule has 0 radical (unpaired) electrons. The Hall–Kier alpha value is -0.450. The van der Waals surface area contributed by atoms with Crippen LogP contribution in [0.3, 0.4) is 0 Å². The normalized spacial score (nSPS) is 26.0. The van der Waals surface area contributed by atoms with Gasteiger partial charge < -0.3 is 10.0 Å². The van der Waals surface area contributed by atoms with Gasteiger partial charge in [-0.1, -0.05) is 22.0 Å². The molecule has 18 heavy (non-hydrogen) atoms. The Bertz CT molecular complexity index is 426. The second-order valence-electron chi connectivity index (χ2n) is 5.29. The molecule has 0 spiro atoms. The lowest BCUT2D eigenvalue weighted by Gasteiger charge is -2.27. The van der Waals surface area contributed by atoms with Crippen LogP contribution in [-0.2, 0) is 6.42 Å². The molecule has 0 bridgehead atoms. The Balaban J connectivity index is 2.11. The third-order valence-electron chi connectivity index (χ3n) is 3.68. The molecule has 1 aromatic rings. The second kappa shape index (κ2) is 5.68. The van der Waals surface area contributed by atoms with Crippen LogP contribution in [0.5, 0.6) is 0 Å². The van der Waals surface area contributed by atoms with E-state index < -0.39 is 5.60 Å². The minimum atomic E-state index is -0.764. The number of aliphatic hydroxyl groups is 1. The molecule has 1 unspecified atom stereocenters. The molecule has 1 aromatic carbocycles. The molecule has 1 aliphatic rings. The van der Waals surface area contributed by atoms with Gasteiger partial charge in [-0.3, -0.25) is 0 Å². The van der Waals surface area contributed by atoms with Gasteiger partial charge in [-0.2, -0.15) is 0 Å². The monoisotopic (exact) mass is 315 g/mol. The van der Waals surface area contributed by atoms with E-state index in [4.69, 9.17) is 0 Å². The van der Waals surface area contributed by atoms with Crippen LogP contribution in [0, 0.1) is 5.82 Å². The topological polar surface area (TPSA) is 23.5 Å². The Labute approximate surface area is 116 Å². The fourth-order valence-electron chi connectivity index (χ4n) is 2.51. The van der Waals surface area contributed by atoms with Gasteiger partial charge in [0.15, 0.2) is 0 Å². The van der Waals surface area contributed by atoms with Crippen LogP contribution >= 0.6 is 15.9 Å². The highest BCUT2D eigenvalue weighted by molar-refractivity contribution is 9.10. The summed E-state index contributed by atoms with van der Waals surface area (Å²) in [5.74, 6) is -0.240. The highest BCUT2D eigenvalue weighted by Crippen LogP contribution is 2.28. The Kier molecular flexibility index (Phi) is 4.41. The van der Waals surface area contributed by atoms with E-state index in [0.29, 0.717) is 18.4 Å². The maximum absolute atomic E-state index is 13.8. The number of benzene rings is 1. The summed E-state index contributed by atoms with van der Waals surface area (Å²) in [5.41, 5.74) is -0.162. The van der Waals surface area contributed by atoms with E-state index in [-0.39, 0.29) is 5.82 Å². The van der Waals surface area contributed by atoms with Gasteiger partial charge in [-0.25, -0.2) is 4.39 Å². The number of rotatable bonds is 2. The van der Waals surface area contributed by atoms with Crippen molar-refractivity contribution in [2.75, 3.05) is 20.1 Å². The molecule has 0 saturated carbocycles. The molecular formula is C14H19BrFNO. The Morgan fingerprint density at radius 3 is 2.89 bits per heavy atom. The molecule has 1 atom stereocenters. The highest BCUT2D eigenvalue weighted by atomic mass is 79.9. The van der Waals surface area contributed by atoms with Gasteiger partial charge in [-0.05, 0) is 50.6 Å². The smallest absolute Gasteiger partial charge is 0.127 e. The lowest BCUT2D eigenvalue weighted by atomic mass is 9.87. The zero-order valence-electron chi connectivity index (χ0n) is 10.6. The lowest BCUT2D eigenvalue weighted by molar-refractivity contribution is 0.0255. The summed E-state index contributed by atoms with van der Waals surface area (Å²) in [6.45, 7) is 1.87.